The molecule has 1 aliphatic carbocycles. The van der Waals surface area contributed by atoms with Crippen molar-refractivity contribution in [2.45, 2.75) is 18.9 Å². The number of nitrogens with one attached hydrogen (secondary N) is 1. The van der Waals surface area contributed by atoms with Gasteiger partial charge < -0.3 is 10.3 Å². The van der Waals surface area contributed by atoms with Crippen LogP contribution in [0.2, 0.25) is 0 Å². The number of nitrogens with zero attached hydrogens (tertiary/aromatic N) is 3. The monoisotopic (exact) mass is 191 g/mol. The Bertz CT molecular complexity index is 550. The lowest BCUT2D eigenvalue weighted by Crippen LogP contribution is -2.12. The number of H-pyrrole nitrogens is 1. The van der Waals surface area contributed by atoms with Gasteiger partial charge in [0.1, 0.15) is 0 Å². The fraction of sp³-hybridized carbons (Fsp3) is 0.375. The van der Waals surface area contributed by atoms with Crippen LogP contribution >= 0.6 is 0 Å². The fourth-order valence-corrected chi connectivity index (χ4v) is 1.56. The minimum Gasteiger partial charge on any atom is -0.369 e. The standard InChI is InChI=1S/C8H9N5O/c9-8-11-6-5(7(14)12-8)10-3-13(6)4-1-2-4/h3-4H,1-2H2,(H3,9,11,12,14). The van der Waals surface area contributed by atoms with Gasteiger partial charge in [-0.1, -0.05) is 0 Å². The number of hydrogen-bond acceptors (Lipinski definition) is 4. The number of anilines is 1. The normalized spacial score (nSPS) is 16.3. The number of aromatic amines is 1. The number of nitrogen functional groups attached to an aromatic ring is 1. The Morgan fingerprint density at radius 1 is 1.57 bits per heavy atom. The molecule has 3 rings (SSSR count). The van der Waals surface area contributed by atoms with Crippen LogP contribution in [0.1, 0.15) is 18.9 Å². The summed E-state index contributed by atoms with van der Waals surface area (Å²) in [6.07, 6.45) is 3.91. The van der Waals surface area contributed by atoms with Gasteiger partial charge >= 0.3 is 0 Å². The molecule has 0 saturated heterocycles. The van der Waals surface area contributed by atoms with Crippen molar-refractivity contribution in [2.24, 2.45) is 0 Å². The maximum Gasteiger partial charge on any atom is 0.280 e. The molecule has 0 spiro atoms. The lowest BCUT2D eigenvalue weighted by Gasteiger charge is -1.99. The molecule has 6 heteroatoms. The quantitative estimate of drug-likeness (QED) is 0.665. The molecule has 0 aromatic carbocycles. The van der Waals surface area contributed by atoms with Crippen LogP contribution in [0.4, 0.5) is 5.95 Å². The van der Waals surface area contributed by atoms with Gasteiger partial charge in [-0.05, 0) is 12.8 Å². The molecule has 1 saturated carbocycles. The lowest BCUT2D eigenvalue weighted by atomic mass is 10.5. The zero-order valence-corrected chi connectivity index (χ0v) is 7.40. The van der Waals surface area contributed by atoms with Crippen LogP contribution in [-0.2, 0) is 0 Å². The van der Waals surface area contributed by atoms with Crippen LogP contribution in [0.15, 0.2) is 11.1 Å². The summed E-state index contributed by atoms with van der Waals surface area (Å²) in [7, 11) is 0. The van der Waals surface area contributed by atoms with Gasteiger partial charge in [0.15, 0.2) is 11.2 Å². The van der Waals surface area contributed by atoms with Crippen molar-refractivity contribution < 1.29 is 0 Å². The second-order valence-electron chi connectivity index (χ2n) is 3.51. The van der Waals surface area contributed by atoms with Crippen molar-refractivity contribution >= 4 is 17.1 Å². The van der Waals surface area contributed by atoms with E-state index in [9.17, 15) is 4.79 Å². The highest BCUT2D eigenvalue weighted by Gasteiger charge is 2.26. The number of rotatable bonds is 1. The van der Waals surface area contributed by atoms with Gasteiger partial charge in [-0.25, -0.2) is 4.98 Å². The highest BCUT2D eigenvalue weighted by Crippen LogP contribution is 2.36. The Morgan fingerprint density at radius 2 is 2.36 bits per heavy atom. The van der Waals surface area contributed by atoms with Gasteiger partial charge in [0, 0.05) is 6.04 Å². The minimum atomic E-state index is -0.271. The second kappa shape index (κ2) is 2.34. The highest BCUT2D eigenvalue weighted by atomic mass is 16.1. The summed E-state index contributed by atoms with van der Waals surface area (Å²) in [6.45, 7) is 0. The predicted molar refractivity (Wildman–Crippen MR) is 50.8 cm³/mol. The van der Waals surface area contributed by atoms with E-state index in [1.807, 2.05) is 4.57 Å². The number of fused-ring (bicyclic) bond motifs is 1. The zero-order chi connectivity index (χ0) is 9.71. The van der Waals surface area contributed by atoms with Crippen molar-refractivity contribution in [2.75, 3.05) is 5.73 Å². The largest absolute Gasteiger partial charge is 0.369 e. The average molecular weight is 191 g/mol. The molecule has 0 aliphatic heterocycles. The molecule has 1 aliphatic rings. The summed E-state index contributed by atoms with van der Waals surface area (Å²) in [5.74, 6) is 0.143. The first kappa shape index (κ1) is 7.54. The van der Waals surface area contributed by atoms with Crippen molar-refractivity contribution in [1.82, 2.24) is 19.5 Å². The zero-order valence-electron chi connectivity index (χ0n) is 7.40. The average Bonchev–Trinajstić information content (AvgIpc) is 2.87. The van der Waals surface area contributed by atoms with Crippen molar-refractivity contribution in [3.63, 3.8) is 0 Å². The molecule has 0 bridgehead atoms. The highest BCUT2D eigenvalue weighted by molar-refractivity contribution is 5.70. The first-order valence-electron chi connectivity index (χ1n) is 4.48. The van der Waals surface area contributed by atoms with Crippen LogP contribution in [-0.4, -0.2) is 19.5 Å². The van der Waals surface area contributed by atoms with E-state index in [0.29, 0.717) is 17.2 Å². The minimum absolute atomic E-state index is 0.143. The Balaban J connectivity index is 2.38. The predicted octanol–water partition coefficient (Wildman–Crippen LogP) is 0.0367. The maximum absolute atomic E-state index is 11.4. The van der Waals surface area contributed by atoms with Crippen molar-refractivity contribution in [3.05, 3.63) is 16.7 Å². The van der Waals surface area contributed by atoms with E-state index in [1.54, 1.807) is 6.33 Å². The molecule has 2 aromatic heterocycles. The summed E-state index contributed by atoms with van der Waals surface area (Å²) >= 11 is 0. The van der Waals surface area contributed by atoms with Gasteiger partial charge in [-0.3, -0.25) is 9.78 Å². The number of imidazole rings is 1. The molecular formula is C8H9N5O. The van der Waals surface area contributed by atoms with Crippen LogP contribution in [0.25, 0.3) is 11.2 Å². The molecule has 14 heavy (non-hydrogen) atoms. The van der Waals surface area contributed by atoms with Gasteiger partial charge in [0.25, 0.3) is 5.56 Å². The first-order valence-corrected chi connectivity index (χ1v) is 4.48. The fourth-order valence-electron chi connectivity index (χ4n) is 1.56. The third-order valence-corrected chi connectivity index (χ3v) is 2.39. The molecule has 6 nitrogen and oxygen atoms in total. The summed E-state index contributed by atoms with van der Waals surface area (Å²) in [4.78, 5) is 21.9. The maximum atomic E-state index is 11.4. The molecule has 0 amide bonds. The van der Waals surface area contributed by atoms with Crippen LogP contribution in [0.3, 0.4) is 0 Å². The number of aromatic nitrogens is 4. The molecule has 2 heterocycles. The third-order valence-electron chi connectivity index (χ3n) is 2.39. The van der Waals surface area contributed by atoms with Gasteiger partial charge in [0.2, 0.25) is 5.95 Å². The van der Waals surface area contributed by atoms with Crippen LogP contribution < -0.4 is 11.3 Å². The Labute approximate surface area is 78.8 Å². The van der Waals surface area contributed by atoms with E-state index in [-0.39, 0.29) is 11.5 Å². The molecule has 0 radical (unpaired) electrons. The molecule has 0 atom stereocenters. The third kappa shape index (κ3) is 0.935. The number of hydrogen-bond donors (Lipinski definition) is 2. The summed E-state index contributed by atoms with van der Waals surface area (Å²) in [6, 6.07) is 0.452. The summed E-state index contributed by atoms with van der Waals surface area (Å²) in [5, 5.41) is 0. The van der Waals surface area contributed by atoms with Crippen molar-refractivity contribution in [1.29, 1.82) is 0 Å². The van der Waals surface area contributed by atoms with E-state index in [1.165, 1.54) is 0 Å². The van der Waals surface area contributed by atoms with E-state index < -0.39 is 0 Å². The van der Waals surface area contributed by atoms with Gasteiger partial charge in [0.05, 0.1) is 6.33 Å². The van der Waals surface area contributed by atoms with Crippen molar-refractivity contribution in [3.8, 4) is 0 Å². The van der Waals surface area contributed by atoms with E-state index in [2.05, 4.69) is 15.0 Å². The van der Waals surface area contributed by atoms with Crippen LogP contribution in [0.5, 0.6) is 0 Å². The summed E-state index contributed by atoms with van der Waals surface area (Å²) < 4.78 is 1.92. The second-order valence-corrected chi connectivity index (χ2v) is 3.51. The molecule has 2 aromatic rings. The smallest absolute Gasteiger partial charge is 0.280 e. The molecule has 3 N–H and O–H groups in total. The van der Waals surface area contributed by atoms with Gasteiger partial charge in [-0.2, -0.15) is 4.98 Å². The first-order chi connectivity index (χ1) is 6.75. The summed E-state index contributed by atoms with van der Waals surface area (Å²) in [5.41, 5.74) is 6.15. The number of nitrogens with two attached hydrogens (primary N) is 1. The molecule has 0 unspecified atom stereocenters. The topological polar surface area (TPSA) is 89.6 Å². The molecular weight excluding hydrogens is 182 g/mol. The van der Waals surface area contributed by atoms with E-state index in [0.717, 1.165) is 12.8 Å². The Kier molecular flexibility index (Phi) is 1.26. The van der Waals surface area contributed by atoms with E-state index in [4.69, 9.17) is 5.73 Å². The Hall–Kier alpha value is -1.85. The molecule has 1 fully saturated rings. The van der Waals surface area contributed by atoms with Crippen LogP contribution in [0, 0.1) is 0 Å². The SMILES string of the molecule is Nc1nc2c(ncn2C2CC2)c(=O)[nH]1. The van der Waals surface area contributed by atoms with E-state index >= 15 is 0 Å². The lowest BCUT2D eigenvalue weighted by molar-refractivity contribution is 0.757. The molecule has 72 valence electrons. The Morgan fingerprint density at radius 3 is 3.07 bits per heavy atom. The van der Waals surface area contributed by atoms with Gasteiger partial charge in [-0.15, -0.1) is 0 Å².